The number of amides is 2. The maximum Gasteiger partial charge on any atom is 0.259 e. The summed E-state index contributed by atoms with van der Waals surface area (Å²) in [6.45, 7) is 0.660. The van der Waals surface area contributed by atoms with Crippen LogP contribution in [0.3, 0.4) is 0 Å². The van der Waals surface area contributed by atoms with Crippen molar-refractivity contribution in [2.75, 3.05) is 4.90 Å². The van der Waals surface area contributed by atoms with Crippen LogP contribution >= 0.6 is 22.9 Å². The van der Waals surface area contributed by atoms with E-state index >= 15 is 0 Å². The second kappa shape index (κ2) is 9.54. The molecule has 0 radical (unpaired) electrons. The Kier molecular flexibility index (Phi) is 6.32. The van der Waals surface area contributed by atoms with Crippen molar-refractivity contribution in [2.45, 2.75) is 22.9 Å². The van der Waals surface area contributed by atoms with Gasteiger partial charge >= 0.3 is 0 Å². The Labute approximate surface area is 208 Å². The van der Waals surface area contributed by atoms with Crippen LogP contribution in [0.15, 0.2) is 94.0 Å². The third kappa shape index (κ3) is 4.42. The predicted molar refractivity (Wildman–Crippen MR) is 135 cm³/mol. The van der Waals surface area contributed by atoms with Crippen LogP contribution in [-0.2, 0) is 23.9 Å². The number of nitrogens with one attached hydrogen (secondary N) is 1. The first kappa shape index (κ1) is 22.5. The van der Waals surface area contributed by atoms with E-state index in [4.69, 9.17) is 11.6 Å². The van der Waals surface area contributed by atoms with Crippen molar-refractivity contribution in [1.29, 1.82) is 0 Å². The molecule has 1 aliphatic rings. The van der Waals surface area contributed by atoms with Gasteiger partial charge in [-0.1, -0.05) is 41.9 Å². The summed E-state index contributed by atoms with van der Waals surface area (Å²) >= 11 is 7.60. The molecule has 0 fully saturated rings. The minimum absolute atomic E-state index is 0.245. The van der Waals surface area contributed by atoms with E-state index in [-0.39, 0.29) is 18.4 Å². The van der Waals surface area contributed by atoms with Gasteiger partial charge in [-0.05, 0) is 59.5 Å². The van der Waals surface area contributed by atoms with E-state index in [0.29, 0.717) is 38.2 Å². The molecule has 5 nitrogen and oxygen atoms in total. The monoisotopic (exact) mass is 506 g/mol. The highest BCUT2D eigenvalue weighted by molar-refractivity contribution is 7.85. The van der Waals surface area contributed by atoms with Crippen LogP contribution < -0.4 is 10.2 Å². The highest BCUT2D eigenvalue weighted by Gasteiger charge is 2.31. The molecule has 3 aromatic carbocycles. The van der Waals surface area contributed by atoms with E-state index in [1.807, 2.05) is 29.6 Å². The van der Waals surface area contributed by atoms with E-state index in [1.165, 1.54) is 0 Å². The van der Waals surface area contributed by atoms with Crippen LogP contribution in [0.2, 0.25) is 5.02 Å². The number of hydrogen-bond donors (Lipinski definition) is 1. The molecular formula is C26H19ClN2O3S2. The zero-order valence-electron chi connectivity index (χ0n) is 17.9. The summed E-state index contributed by atoms with van der Waals surface area (Å²) in [4.78, 5) is 30.1. The highest BCUT2D eigenvalue weighted by Crippen LogP contribution is 2.36. The smallest absolute Gasteiger partial charge is 0.259 e. The quantitative estimate of drug-likeness (QED) is 0.380. The summed E-state index contributed by atoms with van der Waals surface area (Å²) in [6.07, 6.45) is 0. The summed E-state index contributed by atoms with van der Waals surface area (Å²) in [5.41, 5.74) is 2.10. The Hall–Kier alpha value is -3.26. The Morgan fingerprint density at radius 3 is 2.53 bits per heavy atom. The van der Waals surface area contributed by atoms with E-state index in [2.05, 4.69) is 5.32 Å². The SMILES string of the molecule is O=C(NCc1cccs1)c1ccc2c(c1)N(Cc1ccc(Cl)cc1)C(=O)c1ccccc1[S@@]2=O. The number of anilines is 1. The van der Waals surface area contributed by atoms with Gasteiger partial charge in [0.05, 0.1) is 44.9 Å². The van der Waals surface area contributed by atoms with Crippen LogP contribution in [-0.4, -0.2) is 16.0 Å². The molecule has 170 valence electrons. The van der Waals surface area contributed by atoms with Crippen LogP contribution in [0.1, 0.15) is 31.2 Å². The van der Waals surface area contributed by atoms with Gasteiger partial charge in [0.25, 0.3) is 11.8 Å². The van der Waals surface area contributed by atoms with Crippen molar-refractivity contribution >= 4 is 51.2 Å². The lowest BCUT2D eigenvalue weighted by molar-refractivity contribution is 0.0947. The van der Waals surface area contributed by atoms with Gasteiger partial charge in [0.1, 0.15) is 0 Å². The van der Waals surface area contributed by atoms with Crippen LogP contribution in [0, 0.1) is 0 Å². The number of carbonyl (C=O) groups excluding carboxylic acids is 2. The second-order valence-corrected chi connectivity index (χ2v) is 10.6. The lowest BCUT2D eigenvalue weighted by Gasteiger charge is -2.23. The van der Waals surface area contributed by atoms with Gasteiger partial charge in [-0.15, -0.1) is 11.3 Å². The molecule has 0 saturated heterocycles. The first-order chi connectivity index (χ1) is 16.5. The number of fused-ring (bicyclic) bond motifs is 2. The molecule has 8 heteroatoms. The largest absolute Gasteiger partial charge is 0.347 e. The molecule has 2 heterocycles. The molecule has 0 aliphatic carbocycles. The average Bonchev–Trinajstić information content (AvgIpc) is 3.37. The fourth-order valence-corrected chi connectivity index (χ4v) is 5.93. The third-order valence-electron chi connectivity index (χ3n) is 5.53. The van der Waals surface area contributed by atoms with E-state index < -0.39 is 10.8 Å². The van der Waals surface area contributed by atoms with Crippen molar-refractivity contribution in [3.05, 3.63) is 111 Å². The molecule has 2 amide bonds. The van der Waals surface area contributed by atoms with Gasteiger partial charge in [-0.25, -0.2) is 4.21 Å². The Bertz CT molecular complexity index is 1400. The number of rotatable bonds is 5. The zero-order valence-corrected chi connectivity index (χ0v) is 20.3. The van der Waals surface area contributed by atoms with Crippen LogP contribution in [0.4, 0.5) is 5.69 Å². The lowest BCUT2D eigenvalue weighted by atomic mass is 10.1. The van der Waals surface area contributed by atoms with Crippen molar-refractivity contribution in [1.82, 2.24) is 5.32 Å². The van der Waals surface area contributed by atoms with Crippen molar-refractivity contribution in [3.63, 3.8) is 0 Å². The molecule has 1 aliphatic heterocycles. The minimum atomic E-state index is -1.57. The minimum Gasteiger partial charge on any atom is -0.347 e. The van der Waals surface area contributed by atoms with Gasteiger partial charge in [0.15, 0.2) is 0 Å². The van der Waals surface area contributed by atoms with E-state index in [1.54, 1.807) is 70.8 Å². The molecular weight excluding hydrogens is 488 g/mol. The molecule has 0 saturated carbocycles. The summed E-state index contributed by atoms with van der Waals surface area (Å²) in [7, 11) is -1.57. The maximum absolute atomic E-state index is 13.6. The Morgan fingerprint density at radius 2 is 1.76 bits per heavy atom. The second-order valence-electron chi connectivity index (χ2n) is 7.73. The first-order valence-corrected chi connectivity index (χ1v) is 12.9. The van der Waals surface area contributed by atoms with Crippen molar-refractivity contribution in [2.24, 2.45) is 0 Å². The number of nitrogens with zero attached hydrogens (tertiary/aromatic N) is 1. The summed E-state index contributed by atoms with van der Waals surface area (Å²) < 4.78 is 13.5. The van der Waals surface area contributed by atoms with Crippen LogP contribution in [0.25, 0.3) is 0 Å². The molecule has 0 spiro atoms. The summed E-state index contributed by atoms with van der Waals surface area (Å²) in [5, 5.41) is 5.47. The molecule has 1 N–H and O–H groups in total. The van der Waals surface area contributed by atoms with Gasteiger partial charge in [-0.3, -0.25) is 9.59 Å². The first-order valence-electron chi connectivity index (χ1n) is 10.5. The Morgan fingerprint density at radius 1 is 0.971 bits per heavy atom. The molecule has 4 aromatic rings. The molecule has 34 heavy (non-hydrogen) atoms. The summed E-state index contributed by atoms with van der Waals surface area (Å²) in [6, 6.07) is 23.0. The highest BCUT2D eigenvalue weighted by atomic mass is 35.5. The standard InChI is InChI=1S/C26H19ClN2O3S2/c27-19-10-7-17(8-11-19)16-29-22-14-18(25(30)28-15-20-4-3-13-33-20)9-12-24(22)34(32)23-6-2-1-5-21(23)26(29)31/h1-14H,15-16H2,(H,28,30)/t34-/m0/s1. The van der Waals surface area contributed by atoms with E-state index in [9.17, 15) is 13.8 Å². The molecule has 0 unspecified atom stereocenters. The molecule has 0 bridgehead atoms. The van der Waals surface area contributed by atoms with Crippen molar-refractivity contribution < 1.29 is 13.8 Å². The fraction of sp³-hybridized carbons (Fsp3) is 0.0769. The average molecular weight is 507 g/mol. The van der Waals surface area contributed by atoms with E-state index in [0.717, 1.165) is 10.4 Å². The maximum atomic E-state index is 13.6. The van der Waals surface area contributed by atoms with Gasteiger partial charge < -0.3 is 10.2 Å². The molecule has 5 rings (SSSR count). The number of thiophene rings is 1. The number of carbonyl (C=O) groups is 2. The normalized spacial score (nSPS) is 14.8. The lowest BCUT2D eigenvalue weighted by Crippen LogP contribution is -2.31. The fourth-order valence-electron chi connectivity index (χ4n) is 3.82. The molecule has 1 aromatic heterocycles. The number of hydrogen-bond acceptors (Lipinski definition) is 4. The topological polar surface area (TPSA) is 66.5 Å². The van der Waals surface area contributed by atoms with Crippen LogP contribution in [0.5, 0.6) is 0 Å². The third-order valence-corrected chi connectivity index (χ3v) is 8.16. The summed E-state index contributed by atoms with van der Waals surface area (Å²) in [5.74, 6) is -0.531. The predicted octanol–water partition coefficient (Wildman–Crippen LogP) is 5.66. The van der Waals surface area contributed by atoms with Gasteiger partial charge in [-0.2, -0.15) is 0 Å². The van der Waals surface area contributed by atoms with Gasteiger partial charge in [0.2, 0.25) is 0 Å². The zero-order chi connectivity index (χ0) is 23.7. The molecule has 1 atom stereocenters. The van der Waals surface area contributed by atoms with Crippen molar-refractivity contribution in [3.8, 4) is 0 Å². The number of benzene rings is 3. The van der Waals surface area contributed by atoms with Gasteiger partial charge in [0, 0.05) is 15.5 Å². The number of halogens is 1. The Balaban J connectivity index is 1.56.